The van der Waals surface area contributed by atoms with E-state index >= 15 is 0 Å². The molecular weight excluding hydrogens is 230 g/mol. The molecule has 18 heavy (non-hydrogen) atoms. The molecule has 1 aliphatic heterocycles. The first kappa shape index (κ1) is 13.0. The van der Waals surface area contributed by atoms with Crippen molar-refractivity contribution in [3.63, 3.8) is 0 Å². The van der Waals surface area contributed by atoms with Gasteiger partial charge in [-0.05, 0) is 25.2 Å². The second-order valence-corrected chi connectivity index (χ2v) is 5.14. The molecule has 0 atom stereocenters. The van der Waals surface area contributed by atoms with Gasteiger partial charge in [-0.2, -0.15) is 4.98 Å². The van der Waals surface area contributed by atoms with E-state index in [1.807, 2.05) is 13.0 Å². The molecule has 1 aliphatic rings. The van der Waals surface area contributed by atoms with Crippen molar-refractivity contribution >= 4 is 11.8 Å². The van der Waals surface area contributed by atoms with E-state index in [0.717, 1.165) is 44.1 Å². The molecule has 0 saturated carbocycles. The molecule has 1 aromatic heterocycles. The second kappa shape index (κ2) is 5.49. The molecule has 0 aliphatic carbocycles. The van der Waals surface area contributed by atoms with Crippen molar-refractivity contribution in [2.45, 2.75) is 26.7 Å². The SMILES string of the molecule is Cc1cc(NCC2(C)CCOCC2)nc(NN)n1. The van der Waals surface area contributed by atoms with E-state index in [0.29, 0.717) is 5.95 Å². The first-order valence-corrected chi connectivity index (χ1v) is 6.25. The smallest absolute Gasteiger partial charge is 0.239 e. The Balaban J connectivity index is 1.98. The topological polar surface area (TPSA) is 85.1 Å². The fourth-order valence-electron chi connectivity index (χ4n) is 2.07. The number of nitrogens with one attached hydrogen (secondary N) is 2. The molecular formula is C12H21N5O. The van der Waals surface area contributed by atoms with E-state index in [9.17, 15) is 0 Å². The first-order chi connectivity index (χ1) is 8.61. The summed E-state index contributed by atoms with van der Waals surface area (Å²) in [6.07, 6.45) is 2.15. The van der Waals surface area contributed by atoms with Crippen molar-refractivity contribution in [1.29, 1.82) is 0 Å². The Hall–Kier alpha value is -1.40. The molecule has 0 bridgehead atoms. The number of aryl methyl sites for hydroxylation is 1. The monoisotopic (exact) mass is 251 g/mol. The minimum Gasteiger partial charge on any atom is -0.381 e. The van der Waals surface area contributed by atoms with Crippen molar-refractivity contribution in [2.24, 2.45) is 11.3 Å². The zero-order valence-electron chi connectivity index (χ0n) is 11.0. The summed E-state index contributed by atoms with van der Waals surface area (Å²) in [4.78, 5) is 8.44. The van der Waals surface area contributed by atoms with Crippen LogP contribution in [0.1, 0.15) is 25.5 Å². The van der Waals surface area contributed by atoms with Gasteiger partial charge in [0.1, 0.15) is 5.82 Å². The summed E-state index contributed by atoms with van der Waals surface area (Å²) in [6.45, 7) is 6.77. The standard InChI is InChI=1S/C12H21N5O/c1-9-7-10(16-11(15-9)17-13)14-8-12(2)3-5-18-6-4-12/h7H,3-6,8,13H2,1-2H3,(H2,14,15,16,17). The number of hydrogen-bond acceptors (Lipinski definition) is 6. The maximum absolute atomic E-state index is 5.39. The number of rotatable bonds is 4. The number of nitrogens with two attached hydrogens (primary N) is 1. The normalized spacial score (nSPS) is 18.4. The van der Waals surface area contributed by atoms with Gasteiger partial charge >= 0.3 is 0 Å². The van der Waals surface area contributed by atoms with Crippen LogP contribution in [0.3, 0.4) is 0 Å². The van der Waals surface area contributed by atoms with Crippen molar-refractivity contribution in [1.82, 2.24) is 9.97 Å². The lowest BCUT2D eigenvalue weighted by Crippen LogP contribution is -2.33. The molecule has 1 saturated heterocycles. The van der Waals surface area contributed by atoms with Crippen LogP contribution in [0.5, 0.6) is 0 Å². The van der Waals surface area contributed by atoms with Crippen LogP contribution in [0.25, 0.3) is 0 Å². The summed E-state index contributed by atoms with van der Waals surface area (Å²) >= 11 is 0. The minimum atomic E-state index is 0.271. The maximum atomic E-state index is 5.39. The van der Waals surface area contributed by atoms with Crippen molar-refractivity contribution in [2.75, 3.05) is 30.5 Å². The molecule has 0 spiro atoms. The van der Waals surface area contributed by atoms with Gasteiger partial charge < -0.3 is 10.1 Å². The third-order valence-corrected chi connectivity index (χ3v) is 3.38. The van der Waals surface area contributed by atoms with Crippen molar-refractivity contribution in [3.8, 4) is 0 Å². The van der Waals surface area contributed by atoms with Gasteiger partial charge in [0.05, 0.1) is 0 Å². The minimum absolute atomic E-state index is 0.271. The molecule has 4 N–H and O–H groups in total. The van der Waals surface area contributed by atoms with Crippen molar-refractivity contribution in [3.05, 3.63) is 11.8 Å². The van der Waals surface area contributed by atoms with Gasteiger partial charge in [0.15, 0.2) is 0 Å². The predicted molar refractivity (Wildman–Crippen MR) is 71.2 cm³/mol. The Labute approximate surface area is 107 Å². The van der Waals surface area contributed by atoms with E-state index in [-0.39, 0.29) is 5.41 Å². The van der Waals surface area contributed by atoms with Crippen LogP contribution in [-0.4, -0.2) is 29.7 Å². The molecule has 6 heteroatoms. The molecule has 0 aromatic carbocycles. The van der Waals surface area contributed by atoms with Gasteiger partial charge in [-0.25, -0.2) is 10.8 Å². The number of nitrogens with zero attached hydrogens (tertiary/aromatic N) is 2. The van der Waals surface area contributed by atoms with Gasteiger partial charge in [-0.1, -0.05) is 6.92 Å². The van der Waals surface area contributed by atoms with Crippen LogP contribution in [-0.2, 0) is 4.74 Å². The van der Waals surface area contributed by atoms with E-state index in [1.54, 1.807) is 0 Å². The molecule has 0 amide bonds. The van der Waals surface area contributed by atoms with Crippen LogP contribution in [0.15, 0.2) is 6.07 Å². The highest BCUT2D eigenvalue weighted by Crippen LogP contribution is 2.29. The fraction of sp³-hybridized carbons (Fsp3) is 0.667. The van der Waals surface area contributed by atoms with Crippen LogP contribution < -0.4 is 16.6 Å². The number of hydrogen-bond donors (Lipinski definition) is 3. The Bertz CT molecular complexity index is 403. The number of nitrogen functional groups attached to an aromatic ring is 1. The summed E-state index contributed by atoms with van der Waals surface area (Å²) < 4.78 is 5.39. The van der Waals surface area contributed by atoms with Gasteiger partial charge in [0.25, 0.3) is 0 Å². The summed E-state index contributed by atoms with van der Waals surface area (Å²) in [6, 6.07) is 1.92. The second-order valence-electron chi connectivity index (χ2n) is 5.14. The lowest BCUT2D eigenvalue weighted by Gasteiger charge is -2.33. The Morgan fingerprint density at radius 2 is 2.11 bits per heavy atom. The lowest BCUT2D eigenvalue weighted by atomic mass is 9.82. The first-order valence-electron chi connectivity index (χ1n) is 6.25. The number of anilines is 2. The van der Waals surface area contributed by atoms with Crippen LogP contribution in [0, 0.1) is 12.3 Å². The highest BCUT2D eigenvalue weighted by Gasteiger charge is 2.27. The molecule has 1 fully saturated rings. The van der Waals surface area contributed by atoms with Gasteiger partial charge in [0, 0.05) is 31.5 Å². The van der Waals surface area contributed by atoms with E-state index in [1.165, 1.54) is 0 Å². The Kier molecular flexibility index (Phi) is 3.98. The number of aromatic nitrogens is 2. The predicted octanol–water partition coefficient (Wildman–Crippen LogP) is 1.30. The molecule has 100 valence electrons. The average Bonchev–Trinajstić information content (AvgIpc) is 2.37. The van der Waals surface area contributed by atoms with E-state index in [4.69, 9.17) is 10.6 Å². The molecule has 2 heterocycles. The molecule has 0 unspecified atom stereocenters. The maximum Gasteiger partial charge on any atom is 0.239 e. The fourth-order valence-corrected chi connectivity index (χ4v) is 2.07. The summed E-state index contributed by atoms with van der Waals surface area (Å²) in [5.74, 6) is 6.58. The lowest BCUT2D eigenvalue weighted by molar-refractivity contribution is 0.0300. The number of hydrazine groups is 1. The molecule has 0 radical (unpaired) electrons. The van der Waals surface area contributed by atoms with Crippen LogP contribution in [0.2, 0.25) is 0 Å². The summed E-state index contributed by atoms with van der Waals surface area (Å²) in [5.41, 5.74) is 3.63. The number of ether oxygens (including phenoxy) is 1. The Morgan fingerprint density at radius 1 is 1.39 bits per heavy atom. The largest absolute Gasteiger partial charge is 0.381 e. The zero-order chi connectivity index (χ0) is 13.0. The van der Waals surface area contributed by atoms with Crippen LogP contribution in [0.4, 0.5) is 11.8 Å². The van der Waals surface area contributed by atoms with Crippen LogP contribution >= 0.6 is 0 Å². The third-order valence-electron chi connectivity index (χ3n) is 3.38. The molecule has 1 aromatic rings. The molecule has 2 rings (SSSR count). The Morgan fingerprint density at radius 3 is 2.78 bits per heavy atom. The highest BCUT2D eigenvalue weighted by atomic mass is 16.5. The molecule has 6 nitrogen and oxygen atoms in total. The third kappa shape index (κ3) is 3.30. The van der Waals surface area contributed by atoms with Gasteiger partial charge in [-0.15, -0.1) is 0 Å². The average molecular weight is 251 g/mol. The van der Waals surface area contributed by atoms with Gasteiger partial charge in [0.2, 0.25) is 5.95 Å². The summed E-state index contributed by atoms with van der Waals surface area (Å²) in [5, 5.41) is 3.37. The van der Waals surface area contributed by atoms with E-state index in [2.05, 4.69) is 27.6 Å². The quantitative estimate of drug-likeness (QED) is 0.552. The van der Waals surface area contributed by atoms with Crippen molar-refractivity contribution < 1.29 is 4.74 Å². The zero-order valence-corrected chi connectivity index (χ0v) is 11.0. The van der Waals surface area contributed by atoms with Gasteiger partial charge in [-0.3, -0.25) is 5.43 Å². The summed E-state index contributed by atoms with van der Waals surface area (Å²) in [7, 11) is 0. The van der Waals surface area contributed by atoms with E-state index < -0.39 is 0 Å². The highest BCUT2D eigenvalue weighted by molar-refractivity contribution is 5.41.